The van der Waals surface area contributed by atoms with E-state index < -0.39 is 5.97 Å². The second-order valence-corrected chi connectivity index (χ2v) is 3.49. The van der Waals surface area contributed by atoms with E-state index in [0.29, 0.717) is 12.3 Å². The lowest BCUT2D eigenvalue weighted by atomic mass is 10.2. The number of H-pyrrole nitrogens is 1. The van der Waals surface area contributed by atoms with Crippen LogP contribution in [0.5, 0.6) is 0 Å². The maximum absolute atomic E-state index is 10.3. The summed E-state index contributed by atoms with van der Waals surface area (Å²) in [6, 6.07) is 1.99. The highest BCUT2D eigenvalue weighted by atomic mass is 16.4. The van der Waals surface area contributed by atoms with Gasteiger partial charge in [0, 0.05) is 11.6 Å². The molecule has 0 saturated heterocycles. The molecule has 2 rings (SSSR count). The molecule has 0 unspecified atom stereocenters. The summed E-state index contributed by atoms with van der Waals surface area (Å²) in [7, 11) is 0. The molecule has 4 heteroatoms. The lowest BCUT2D eigenvalue weighted by Gasteiger charge is -1.90. The van der Waals surface area contributed by atoms with Crippen molar-refractivity contribution in [1.29, 1.82) is 0 Å². The number of carboxylic acid groups (broad SMARTS) is 1. The van der Waals surface area contributed by atoms with Crippen LogP contribution in [0.25, 0.3) is 0 Å². The van der Waals surface area contributed by atoms with Crippen molar-refractivity contribution < 1.29 is 9.90 Å². The summed E-state index contributed by atoms with van der Waals surface area (Å²) < 4.78 is 0. The maximum Gasteiger partial charge on any atom is 0.303 e. The van der Waals surface area contributed by atoms with Crippen LogP contribution >= 0.6 is 0 Å². The van der Waals surface area contributed by atoms with Crippen LogP contribution in [0.15, 0.2) is 6.07 Å². The minimum absolute atomic E-state index is 0.173. The maximum atomic E-state index is 10.3. The molecule has 1 fully saturated rings. The third kappa shape index (κ3) is 2.08. The van der Waals surface area contributed by atoms with Gasteiger partial charge in [0.05, 0.1) is 12.1 Å². The summed E-state index contributed by atoms with van der Waals surface area (Å²) in [6.07, 6.45) is 3.17. The molecule has 1 heterocycles. The Morgan fingerprint density at radius 2 is 2.46 bits per heavy atom. The third-order valence-electron chi connectivity index (χ3n) is 2.25. The molecule has 0 amide bonds. The van der Waals surface area contributed by atoms with Gasteiger partial charge in [0.15, 0.2) is 0 Å². The molecule has 1 aliphatic rings. The van der Waals surface area contributed by atoms with E-state index in [9.17, 15) is 4.79 Å². The van der Waals surface area contributed by atoms with Crippen molar-refractivity contribution in [2.24, 2.45) is 0 Å². The number of hydrogen-bond acceptors (Lipinski definition) is 2. The number of nitrogens with zero attached hydrogens (tertiary/aromatic N) is 1. The third-order valence-corrected chi connectivity index (χ3v) is 2.25. The summed E-state index contributed by atoms with van der Waals surface area (Å²) in [5.41, 5.74) is 2.03. The largest absolute Gasteiger partial charge is 0.481 e. The Hall–Kier alpha value is -1.32. The molecule has 0 aromatic carbocycles. The quantitative estimate of drug-likeness (QED) is 0.734. The van der Waals surface area contributed by atoms with Crippen LogP contribution in [-0.4, -0.2) is 21.3 Å². The van der Waals surface area contributed by atoms with Gasteiger partial charge in [-0.3, -0.25) is 9.89 Å². The first-order valence-electron chi connectivity index (χ1n) is 4.51. The van der Waals surface area contributed by atoms with Crippen molar-refractivity contribution in [3.63, 3.8) is 0 Å². The normalized spacial score (nSPS) is 16.0. The Balaban J connectivity index is 1.92. The van der Waals surface area contributed by atoms with Crippen LogP contribution in [-0.2, 0) is 11.2 Å². The van der Waals surface area contributed by atoms with Gasteiger partial charge in [-0.2, -0.15) is 5.10 Å². The smallest absolute Gasteiger partial charge is 0.303 e. The highest BCUT2D eigenvalue weighted by Gasteiger charge is 2.25. The topological polar surface area (TPSA) is 66.0 Å². The first-order valence-corrected chi connectivity index (χ1v) is 4.51. The number of carboxylic acids is 1. The lowest BCUT2D eigenvalue weighted by molar-refractivity contribution is -0.136. The van der Waals surface area contributed by atoms with Gasteiger partial charge in [-0.25, -0.2) is 0 Å². The van der Waals surface area contributed by atoms with Gasteiger partial charge in [-0.1, -0.05) is 0 Å². The van der Waals surface area contributed by atoms with E-state index in [1.165, 1.54) is 12.8 Å². The van der Waals surface area contributed by atoms with Gasteiger partial charge in [0.25, 0.3) is 0 Å². The van der Waals surface area contributed by atoms with Crippen LogP contribution in [0.2, 0.25) is 0 Å². The second-order valence-electron chi connectivity index (χ2n) is 3.49. The van der Waals surface area contributed by atoms with Crippen LogP contribution < -0.4 is 0 Å². The number of aliphatic carboxylic acids is 1. The van der Waals surface area contributed by atoms with Gasteiger partial charge in [-0.05, 0) is 25.3 Å². The molecule has 13 heavy (non-hydrogen) atoms. The Labute approximate surface area is 76.0 Å². The molecule has 0 spiro atoms. The van der Waals surface area contributed by atoms with E-state index in [4.69, 9.17) is 5.11 Å². The zero-order chi connectivity index (χ0) is 9.26. The molecular weight excluding hydrogens is 168 g/mol. The Morgan fingerprint density at radius 1 is 1.69 bits per heavy atom. The molecule has 0 radical (unpaired) electrons. The molecule has 4 nitrogen and oxygen atoms in total. The SMILES string of the molecule is O=C(O)CCc1cc(C2CC2)n[nH]1. The monoisotopic (exact) mass is 180 g/mol. The minimum atomic E-state index is -0.762. The summed E-state index contributed by atoms with van der Waals surface area (Å²) in [5, 5.41) is 15.5. The van der Waals surface area contributed by atoms with Crippen LogP contribution in [0.1, 0.15) is 36.6 Å². The number of nitrogens with one attached hydrogen (secondary N) is 1. The fourth-order valence-corrected chi connectivity index (χ4v) is 1.34. The molecule has 0 atom stereocenters. The lowest BCUT2D eigenvalue weighted by Crippen LogP contribution is -1.97. The molecule has 0 bridgehead atoms. The number of aromatic nitrogens is 2. The van der Waals surface area contributed by atoms with Crippen LogP contribution in [0.3, 0.4) is 0 Å². The molecule has 1 aromatic heterocycles. The second kappa shape index (κ2) is 3.20. The molecule has 0 aliphatic heterocycles. The van der Waals surface area contributed by atoms with Gasteiger partial charge < -0.3 is 5.11 Å². The number of rotatable bonds is 4. The van der Waals surface area contributed by atoms with E-state index in [2.05, 4.69) is 10.2 Å². The van der Waals surface area contributed by atoms with Crippen molar-refractivity contribution in [3.8, 4) is 0 Å². The van der Waals surface area contributed by atoms with Gasteiger partial charge in [0.1, 0.15) is 0 Å². The van der Waals surface area contributed by atoms with Crippen molar-refractivity contribution in [2.75, 3.05) is 0 Å². The van der Waals surface area contributed by atoms with E-state index >= 15 is 0 Å². The number of carbonyl (C=O) groups is 1. The van der Waals surface area contributed by atoms with Gasteiger partial charge in [0.2, 0.25) is 0 Å². The van der Waals surface area contributed by atoms with Crippen LogP contribution in [0, 0.1) is 0 Å². The van der Waals surface area contributed by atoms with E-state index in [-0.39, 0.29) is 6.42 Å². The Morgan fingerprint density at radius 3 is 3.08 bits per heavy atom. The molecule has 1 saturated carbocycles. The van der Waals surface area contributed by atoms with E-state index in [1.807, 2.05) is 6.07 Å². The Bertz CT molecular complexity index is 315. The predicted octanol–water partition coefficient (Wildman–Crippen LogP) is 1.30. The van der Waals surface area contributed by atoms with Gasteiger partial charge in [-0.15, -0.1) is 0 Å². The highest BCUT2D eigenvalue weighted by Crippen LogP contribution is 2.39. The predicted molar refractivity (Wildman–Crippen MR) is 46.5 cm³/mol. The molecule has 1 aliphatic carbocycles. The van der Waals surface area contributed by atoms with Gasteiger partial charge >= 0.3 is 5.97 Å². The zero-order valence-corrected chi connectivity index (χ0v) is 7.29. The molecule has 70 valence electrons. The first kappa shape index (κ1) is 8.29. The minimum Gasteiger partial charge on any atom is -0.481 e. The number of hydrogen-bond donors (Lipinski definition) is 2. The van der Waals surface area contributed by atoms with Crippen molar-refractivity contribution in [1.82, 2.24) is 10.2 Å². The van der Waals surface area contributed by atoms with E-state index in [0.717, 1.165) is 11.4 Å². The summed E-state index contributed by atoms with van der Waals surface area (Å²) in [6.45, 7) is 0. The molecule has 1 aromatic rings. The molecule has 2 N–H and O–H groups in total. The summed E-state index contributed by atoms with van der Waals surface area (Å²) in [4.78, 5) is 10.3. The zero-order valence-electron chi connectivity index (χ0n) is 7.29. The van der Waals surface area contributed by atoms with Crippen molar-refractivity contribution in [2.45, 2.75) is 31.6 Å². The van der Waals surface area contributed by atoms with Crippen LogP contribution in [0.4, 0.5) is 0 Å². The average molecular weight is 180 g/mol. The highest BCUT2D eigenvalue weighted by molar-refractivity contribution is 5.66. The van der Waals surface area contributed by atoms with Crippen molar-refractivity contribution >= 4 is 5.97 Å². The Kier molecular flexibility index (Phi) is 2.04. The summed E-state index contributed by atoms with van der Waals surface area (Å²) in [5.74, 6) is -0.127. The fourth-order valence-electron chi connectivity index (χ4n) is 1.34. The average Bonchev–Trinajstić information content (AvgIpc) is 2.83. The summed E-state index contributed by atoms with van der Waals surface area (Å²) >= 11 is 0. The number of aromatic amines is 1. The van der Waals surface area contributed by atoms with Crippen molar-refractivity contribution in [3.05, 3.63) is 17.5 Å². The molecular formula is C9H12N2O2. The first-order chi connectivity index (χ1) is 6.25. The fraction of sp³-hybridized carbons (Fsp3) is 0.556. The number of aryl methyl sites for hydroxylation is 1. The van der Waals surface area contributed by atoms with E-state index in [1.54, 1.807) is 0 Å². The standard InChI is InChI=1S/C9H12N2O2/c12-9(13)4-3-7-5-8(11-10-7)6-1-2-6/h5-6H,1-4H2,(H,10,11)(H,12,13).